The van der Waals surface area contributed by atoms with Crippen LogP contribution in [0.4, 0.5) is 4.79 Å². The third-order valence-corrected chi connectivity index (χ3v) is 7.33. The zero-order valence-corrected chi connectivity index (χ0v) is 21.1. The van der Waals surface area contributed by atoms with Crippen molar-refractivity contribution < 1.29 is 14.3 Å². The number of para-hydroxylation sites is 1. The highest BCUT2D eigenvalue weighted by molar-refractivity contribution is 6.07. The van der Waals surface area contributed by atoms with E-state index in [0.29, 0.717) is 25.1 Å². The van der Waals surface area contributed by atoms with Gasteiger partial charge in [-0.3, -0.25) is 19.6 Å². The van der Waals surface area contributed by atoms with Crippen LogP contribution in [0.1, 0.15) is 29.7 Å². The maximum absolute atomic E-state index is 13.9. The van der Waals surface area contributed by atoms with Crippen LogP contribution < -0.4 is 4.74 Å². The molecule has 3 heterocycles. The molecule has 0 N–H and O–H groups in total. The predicted molar refractivity (Wildman–Crippen MR) is 143 cm³/mol. The van der Waals surface area contributed by atoms with Crippen LogP contribution in [-0.4, -0.2) is 63.9 Å². The Balaban J connectivity index is 1.32. The normalized spacial score (nSPS) is 17.8. The fraction of sp³-hybridized carbons (Fsp3) is 0.300. The molecule has 190 valence electrons. The van der Waals surface area contributed by atoms with E-state index in [9.17, 15) is 9.59 Å². The summed E-state index contributed by atoms with van der Waals surface area (Å²) in [4.78, 5) is 37.4. The molecule has 0 aliphatic carbocycles. The quantitative estimate of drug-likeness (QED) is 0.427. The van der Waals surface area contributed by atoms with Gasteiger partial charge in [-0.25, -0.2) is 4.79 Å². The van der Waals surface area contributed by atoms with Crippen molar-refractivity contribution in [3.63, 3.8) is 0 Å². The first-order valence-electron chi connectivity index (χ1n) is 12.7. The summed E-state index contributed by atoms with van der Waals surface area (Å²) in [6, 6.07) is 23.2. The number of likely N-dealkylation sites (tertiary alicyclic amines) is 1. The molecule has 0 saturated carbocycles. The minimum Gasteiger partial charge on any atom is -0.496 e. The lowest BCUT2D eigenvalue weighted by Crippen LogP contribution is -2.56. The highest BCUT2D eigenvalue weighted by atomic mass is 16.5. The maximum Gasteiger partial charge on any atom is 0.328 e. The van der Waals surface area contributed by atoms with Crippen LogP contribution >= 0.6 is 0 Å². The standard InChI is InChI=1S/C30H32N4O3/c1-37-27-15-6-5-12-25(27)13-9-19-32-20-16-30(17-21-32)28(35)33(23-26-14-7-8-18-31-26)29(36)34(30)22-24-10-3-2-4-11-24/h2-15,18H,16-17,19-23H2,1H3/b13-9+. The number of carbonyl (C=O) groups is 2. The van der Waals surface area contributed by atoms with E-state index in [4.69, 9.17) is 4.74 Å². The summed E-state index contributed by atoms with van der Waals surface area (Å²) < 4.78 is 5.44. The van der Waals surface area contributed by atoms with Crippen LogP contribution in [0, 0.1) is 0 Å². The topological polar surface area (TPSA) is 66.0 Å². The number of piperidine rings is 1. The van der Waals surface area contributed by atoms with E-state index in [1.807, 2.05) is 72.8 Å². The van der Waals surface area contributed by atoms with Gasteiger partial charge in [-0.2, -0.15) is 0 Å². The van der Waals surface area contributed by atoms with E-state index in [0.717, 1.165) is 36.5 Å². The summed E-state index contributed by atoms with van der Waals surface area (Å²) in [6.07, 6.45) is 7.10. The Morgan fingerprint density at radius 1 is 0.919 bits per heavy atom. The second kappa shape index (κ2) is 11.0. The Labute approximate surface area is 218 Å². The van der Waals surface area contributed by atoms with Crippen molar-refractivity contribution in [3.8, 4) is 5.75 Å². The average Bonchev–Trinajstić information content (AvgIpc) is 3.12. The number of pyridine rings is 1. The third kappa shape index (κ3) is 5.13. The van der Waals surface area contributed by atoms with E-state index >= 15 is 0 Å². The number of carbonyl (C=O) groups excluding carboxylic acids is 2. The fourth-order valence-electron chi connectivity index (χ4n) is 5.28. The molecule has 2 aromatic carbocycles. The monoisotopic (exact) mass is 496 g/mol. The molecule has 0 bridgehead atoms. The minimum absolute atomic E-state index is 0.108. The molecule has 2 aliphatic rings. The number of rotatable bonds is 8. The molecule has 7 nitrogen and oxygen atoms in total. The Hall–Kier alpha value is -3.97. The summed E-state index contributed by atoms with van der Waals surface area (Å²) in [5.41, 5.74) is 1.93. The molecular formula is C30H32N4O3. The lowest BCUT2D eigenvalue weighted by molar-refractivity contribution is -0.136. The number of imide groups is 1. The van der Waals surface area contributed by atoms with Crippen LogP contribution in [0.2, 0.25) is 0 Å². The van der Waals surface area contributed by atoms with Crippen molar-refractivity contribution >= 4 is 18.0 Å². The number of hydrogen-bond donors (Lipinski definition) is 0. The lowest BCUT2D eigenvalue weighted by atomic mass is 9.85. The molecule has 3 aromatic rings. The molecule has 7 heteroatoms. The first-order valence-corrected chi connectivity index (χ1v) is 12.7. The molecule has 2 saturated heterocycles. The first-order chi connectivity index (χ1) is 18.1. The Bertz CT molecular complexity index is 1250. The fourth-order valence-corrected chi connectivity index (χ4v) is 5.28. The lowest BCUT2D eigenvalue weighted by Gasteiger charge is -2.42. The number of ether oxygens (including phenoxy) is 1. The van der Waals surface area contributed by atoms with Crippen LogP contribution in [0.15, 0.2) is 85.1 Å². The van der Waals surface area contributed by atoms with E-state index in [1.165, 1.54) is 4.90 Å². The van der Waals surface area contributed by atoms with Crippen LogP contribution in [0.25, 0.3) is 6.08 Å². The molecule has 2 aliphatic heterocycles. The van der Waals surface area contributed by atoms with Crippen molar-refractivity contribution in [2.24, 2.45) is 0 Å². The predicted octanol–water partition coefficient (Wildman–Crippen LogP) is 4.60. The number of benzene rings is 2. The second-order valence-electron chi connectivity index (χ2n) is 9.54. The molecule has 1 aromatic heterocycles. The van der Waals surface area contributed by atoms with Crippen molar-refractivity contribution in [1.82, 2.24) is 19.7 Å². The van der Waals surface area contributed by atoms with Gasteiger partial charge in [-0.15, -0.1) is 0 Å². The largest absolute Gasteiger partial charge is 0.496 e. The Morgan fingerprint density at radius 3 is 2.38 bits per heavy atom. The first kappa shape index (κ1) is 24.7. The number of aromatic nitrogens is 1. The molecule has 5 rings (SSSR count). The average molecular weight is 497 g/mol. The van der Waals surface area contributed by atoms with Crippen molar-refractivity contribution in [2.45, 2.75) is 31.5 Å². The van der Waals surface area contributed by atoms with Gasteiger partial charge in [-0.1, -0.05) is 66.7 Å². The van der Waals surface area contributed by atoms with E-state index < -0.39 is 5.54 Å². The number of urea groups is 1. The van der Waals surface area contributed by atoms with Crippen LogP contribution in [-0.2, 0) is 17.9 Å². The number of hydrogen-bond acceptors (Lipinski definition) is 5. The summed E-state index contributed by atoms with van der Waals surface area (Å²) in [6.45, 7) is 2.84. The highest BCUT2D eigenvalue weighted by Gasteiger charge is 2.57. The molecule has 3 amide bonds. The van der Waals surface area contributed by atoms with Gasteiger partial charge in [0, 0.05) is 37.9 Å². The summed E-state index contributed by atoms with van der Waals surface area (Å²) in [7, 11) is 1.68. The van der Waals surface area contributed by atoms with E-state index in [2.05, 4.69) is 22.0 Å². The highest BCUT2D eigenvalue weighted by Crippen LogP contribution is 2.39. The number of nitrogens with zero attached hydrogens (tertiary/aromatic N) is 4. The van der Waals surface area contributed by atoms with E-state index in [1.54, 1.807) is 18.2 Å². The summed E-state index contributed by atoms with van der Waals surface area (Å²) >= 11 is 0. The van der Waals surface area contributed by atoms with Gasteiger partial charge in [0.1, 0.15) is 11.3 Å². The number of amides is 3. The molecule has 2 fully saturated rings. The zero-order chi connectivity index (χ0) is 25.7. The summed E-state index contributed by atoms with van der Waals surface area (Å²) in [5.74, 6) is 0.735. The van der Waals surface area contributed by atoms with E-state index in [-0.39, 0.29) is 18.5 Å². The maximum atomic E-state index is 13.9. The van der Waals surface area contributed by atoms with Gasteiger partial charge in [0.15, 0.2) is 0 Å². The molecule has 37 heavy (non-hydrogen) atoms. The third-order valence-electron chi connectivity index (χ3n) is 7.33. The van der Waals surface area contributed by atoms with Crippen LogP contribution in [0.3, 0.4) is 0 Å². The molecule has 0 atom stereocenters. The molecular weight excluding hydrogens is 464 g/mol. The van der Waals surface area contributed by atoms with Crippen molar-refractivity contribution in [2.75, 3.05) is 26.7 Å². The molecule has 0 radical (unpaired) electrons. The van der Waals surface area contributed by atoms with Gasteiger partial charge in [0.2, 0.25) is 0 Å². The second-order valence-corrected chi connectivity index (χ2v) is 9.54. The molecule has 1 spiro atoms. The SMILES string of the molecule is COc1ccccc1/C=C/CN1CCC2(CC1)C(=O)N(Cc1ccccn1)C(=O)N2Cc1ccccc1. The number of methoxy groups -OCH3 is 1. The summed E-state index contributed by atoms with van der Waals surface area (Å²) in [5, 5.41) is 0. The van der Waals surface area contributed by atoms with Gasteiger partial charge < -0.3 is 9.64 Å². The van der Waals surface area contributed by atoms with Gasteiger partial charge in [-0.05, 0) is 36.6 Å². The van der Waals surface area contributed by atoms with Gasteiger partial charge >= 0.3 is 6.03 Å². The molecule has 0 unspecified atom stereocenters. The zero-order valence-electron chi connectivity index (χ0n) is 21.1. The van der Waals surface area contributed by atoms with Crippen molar-refractivity contribution in [3.05, 3.63) is 102 Å². The van der Waals surface area contributed by atoms with Crippen LogP contribution in [0.5, 0.6) is 5.75 Å². The minimum atomic E-state index is -0.829. The van der Waals surface area contributed by atoms with Gasteiger partial charge in [0.05, 0.1) is 19.3 Å². The smallest absolute Gasteiger partial charge is 0.328 e. The van der Waals surface area contributed by atoms with Crippen molar-refractivity contribution in [1.29, 1.82) is 0 Å². The Morgan fingerprint density at radius 2 is 1.65 bits per heavy atom. The Kier molecular flexibility index (Phi) is 7.32. The van der Waals surface area contributed by atoms with Gasteiger partial charge in [0.25, 0.3) is 5.91 Å².